The second-order valence-corrected chi connectivity index (χ2v) is 5.19. The first-order valence-electron chi connectivity index (χ1n) is 7.68. The van der Waals surface area contributed by atoms with Crippen molar-refractivity contribution in [3.63, 3.8) is 0 Å². The monoisotopic (exact) mass is 349 g/mol. The Kier molecular flexibility index (Phi) is 6.14. The summed E-state index contributed by atoms with van der Waals surface area (Å²) in [5.74, 6) is 4.60. The maximum absolute atomic E-state index is 9.63. The van der Waals surface area contributed by atoms with Crippen molar-refractivity contribution in [1.82, 2.24) is 0 Å². The first-order chi connectivity index (χ1) is 12.6. The van der Waals surface area contributed by atoms with Crippen LogP contribution in [0.3, 0.4) is 0 Å². The molecule has 0 aromatic heterocycles. The van der Waals surface area contributed by atoms with Gasteiger partial charge in [-0.2, -0.15) is 5.26 Å². The predicted octanol–water partition coefficient (Wildman–Crippen LogP) is 3.77. The molecule has 0 N–H and O–H groups in total. The van der Waals surface area contributed by atoms with Crippen molar-refractivity contribution in [1.29, 1.82) is 5.26 Å². The zero-order valence-corrected chi connectivity index (χ0v) is 15.1. The Balaban J connectivity index is 2.57. The van der Waals surface area contributed by atoms with Crippen molar-refractivity contribution >= 4 is 11.6 Å². The quantitative estimate of drug-likeness (QED) is 0.451. The highest BCUT2D eigenvalue weighted by molar-refractivity contribution is 5.91. The Morgan fingerprint density at radius 1 is 0.923 bits per heavy atom. The first kappa shape index (κ1) is 18.8. The molecule has 0 radical (unpaired) electrons. The van der Waals surface area contributed by atoms with E-state index in [2.05, 4.69) is 12.0 Å². The van der Waals surface area contributed by atoms with E-state index >= 15 is 0 Å². The second-order valence-electron chi connectivity index (χ2n) is 5.19. The van der Waals surface area contributed by atoms with Crippen LogP contribution < -0.4 is 18.9 Å². The standard InChI is InChI=1S/C21H19NO4/c1-6-15-9-14(7-8-18(15)23-2)10-17(13-22)16-11-19(24-3)21(26-5)20(12-16)25-4/h1,7-12H,2-5H3/b17-10+. The topological polar surface area (TPSA) is 60.7 Å². The van der Waals surface area contributed by atoms with Crippen LogP contribution in [0.15, 0.2) is 30.3 Å². The number of ether oxygens (including phenoxy) is 4. The number of hydrogen-bond acceptors (Lipinski definition) is 5. The molecule has 0 saturated carbocycles. The van der Waals surface area contributed by atoms with Gasteiger partial charge in [-0.1, -0.05) is 12.0 Å². The molecule has 0 heterocycles. The van der Waals surface area contributed by atoms with Gasteiger partial charge in [-0.15, -0.1) is 6.42 Å². The van der Waals surface area contributed by atoms with Gasteiger partial charge in [0, 0.05) is 0 Å². The van der Waals surface area contributed by atoms with Crippen molar-refractivity contribution in [2.75, 3.05) is 28.4 Å². The summed E-state index contributed by atoms with van der Waals surface area (Å²) in [5.41, 5.74) is 2.46. The van der Waals surface area contributed by atoms with E-state index in [1.807, 2.05) is 6.07 Å². The number of allylic oxidation sites excluding steroid dienone is 1. The summed E-state index contributed by atoms with van der Waals surface area (Å²) in [7, 11) is 6.14. The number of rotatable bonds is 6. The van der Waals surface area contributed by atoms with E-state index in [4.69, 9.17) is 25.4 Å². The van der Waals surface area contributed by atoms with Crippen LogP contribution in [0.1, 0.15) is 16.7 Å². The maximum Gasteiger partial charge on any atom is 0.203 e. The van der Waals surface area contributed by atoms with E-state index < -0.39 is 0 Å². The molecule has 132 valence electrons. The smallest absolute Gasteiger partial charge is 0.203 e. The number of benzene rings is 2. The van der Waals surface area contributed by atoms with E-state index in [0.717, 1.165) is 5.56 Å². The largest absolute Gasteiger partial charge is 0.495 e. The molecule has 0 bridgehead atoms. The van der Waals surface area contributed by atoms with Crippen molar-refractivity contribution < 1.29 is 18.9 Å². The second kappa shape index (κ2) is 8.50. The summed E-state index contributed by atoms with van der Waals surface area (Å²) in [6.07, 6.45) is 7.25. The minimum Gasteiger partial charge on any atom is -0.495 e. The Bertz CT molecular complexity index is 892. The summed E-state index contributed by atoms with van der Waals surface area (Å²) in [5, 5.41) is 9.63. The third-order valence-electron chi connectivity index (χ3n) is 3.79. The van der Waals surface area contributed by atoms with Crippen LogP contribution in [-0.4, -0.2) is 28.4 Å². The Morgan fingerprint density at radius 2 is 1.54 bits per heavy atom. The Hall–Kier alpha value is -3.57. The van der Waals surface area contributed by atoms with Crippen LogP contribution in [-0.2, 0) is 0 Å². The highest BCUT2D eigenvalue weighted by Gasteiger charge is 2.15. The van der Waals surface area contributed by atoms with Gasteiger partial charge in [-0.25, -0.2) is 0 Å². The van der Waals surface area contributed by atoms with Crippen molar-refractivity contribution in [3.8, 4) is 41.4 Å². The molecule has 0 aliphatic carbocycles. The summed E-state index contributed by atoms with van der Waals surface area (Å²) in [6, 6.07) is 11.0. The zero-order chi connectivity index (χ0) is 19.1. The number of nitrogens with zero attached hydrogens (tertiary/aromatic N) is 1. The number of hydrogen-bond donors (Lipinski definition) is 0. The number of nitriles is 1. The van der Waals surface area contributed by atoms with Gasteiger partial charge >= 0.3 is 0 Å². The van der Waals surface area contributed by atoms with Crippen LogP contribution in [0.4, 0.5) is 0 Å². The Labute approximate surface area is 153 Å². The molecule has 0 saturated heterocycles. The average Bonchev–Trinajstić information content (AvgIpc) is 2.70. The van der Waals surface area contributed by atoms with Crippen molar-refractivity contribution in [3.05, 3.63) is 47.0 Å². The summed E-state index contributed by atoms with van der Waals surface area (Å²) in [4.78, 5) is 0. The van der Waals surface area contributed by atoms with Gasteiger partial charge in [0.25, 0.3) is 0 Å². The molecule has 0 spiro atoms. The van der Waals surface area contributed by atoms with E-state index in [1.54, 1.807) is 37.5 Å². The van der Waals surface area contributed by atoms with E-state index in [-0.39, 0.29) is 0 Å². The minimum absolute atomic E-state index is 0.428. The summed E-state index contributed by atoms with van der Waals surface area (Å²) in [6.45, 7) is 0. The van der Waals surface area contributed by atoms with Crippen LogP contribution in [0.5, 0.6) is 23.0 Å². The molecule has 0 atom stereocenters. The lowest BCUT2D eigenvalue weighted by Crippen LogP contribution is -1.96. The SMILES string of the molecule is C#Cc1cc(/C=C(\C#N)c2cc(OC)c(OC)c(OC)c2)ccc1OC. The molecule has 2 aromatic carbocycles. The lowest BCUT2D eigenvalue weighted by atomic mass is 10.0. The molecule has 2 rings (SSSR count). The predicted molar refractivity (Wildman–Crippen MR) is 101 cm³/mol. The van der Waals surface area contributed by atoms with E-state index in [0.29, 0.717) is 39.7 Å². The molecular weight excluding hydrogens is 330 g/mol. The van der Waals surface area contributed by atoms with Crippen LogP contribution in [0.25, 0.3) is 11.6 Å². The fourth-order valence-corrected chi connectivity index (χ4v) is 2.51. The van der Waals surface area contributed by atoms with Crippen molar-refractivity contribution in [2.24, 2.45) is 0 Å². The minimum atomic E-state index is 0.428. The average molecular weight is 349 g/mol. The van der Waals surface area contributed by atoms with Gasteiger partial charge in [0.05, 0.1) is 45.6 Å². The molecule has 0 fully saturated rings. The Morgan fingerprint density at radius 3 is 2.00 bits per heavy atom. The van der Waals surface area contributed by atoms with Gasteiger partial charge in [0.15, 0.2) is 11.5 Å². The molecule has 26 heavy (non-hydrogen) atoms. The molecule has 5 heteroatoms. The molecule has 0 aliphatic heterocycles. The molecule has 5 nitrogen and oxygen atoms in total. The van der Waals surface area contributed by atoms with Gasteiger partial charge < -0.3 is 18.9 Å². The maximum atomic E-state index is 9.63. The van der Waals surface area contributed by atoms with E-state index in [1.165, 1.54) is 21.3 Å². The third-order valence-corrected chi connectivity index (χ3v) is 3.79. The fraction of sp³-hybridized carbons (Fsp3) is 0.190. The summed E-state index contributed by atoms with van der Waals surface area (Å²) < 4.78 is 21.2. The van der Waals surface area contributed by atoms with Crippen LogP contribution in [0.2, 0.25) is 0 Å². The molecule has 0 aliphatic rings. The van der Waals surface area contributed by atoms with Gasteiger partial charge in [0.2, 0.25) is 5.75 Å². The third kappa shape index (κ3) is 3.74. The number of methoxy groups -OCH3 is 4. The van der Waals surface area contributed by atoms with Crippen LogP contribution >= 0.6 is 0 Å². The lowest BCUT2D eigenvalue weighted by molar-refractivity contribution is 0.324. The highest BCUT2D eigenvalue weighted by atomic mass is 16.5. The summed E-state index contributed by atoms with van der Waals surface area (Å²) >= 11 is 0. The lowest BCUT2D eigenvalue weighted by Gasteiger charge is -2.14. The normalized spacial score (nSPS) is 10.5. The van der Waals surface area contributed by atoms with Gasteiger partial charge in [0.1, 0.15) is 5.75 Å². The first-order valence-corrected chi connectivity index (χ1v) is 7.68. The molecule has 0 unspecified atom stereocenters. The highest BCUT2D eigenvalue weighted by Crippen LogP contribution is 2.40. The fourth-order valence-electron chi connectivity index (χ4n) is 2.51. The molecule has 2 aromatic rings. The number of terminal acetylenes is 1. The molecule has 0 amide bonds. The van der Waals surface area contributed by atoms with Gasteiger partial charge in [-0.05, 0) is 41.5 Å². The van der Waals surface area contributed by atoms with Crippen molar-refractivity contribution in [2.45, 2.75) is 0 Å². The van der Waals surface area contributed by atoms with Crippen LogP contribution in [0, 0.1) is 23.7 Å². The molecular formula is C21H19NO4. The van der Waals surface area contributed by atoms with Gasteiger partial charge in [-0.3, -0.25) is 0 Å². The van der Waals surface area contributed by atoms with E-state index in [9.17, 15) is 5.26 Å². The zero-order valence-electron chi connectivity index (χ0n) is 15.1.